The highest BCUT2D eigenvalue weighted by Crippen LogP contribution is 2.25. The Bertz CT molecular complexity index is 535. The molecular formula is C13H19N5. The van der Waals surface area contributed by atoms with Gasteiger partial charge in [-0.25, -0.2) is 9.50 Å². The molecule has 2 unspecified atom stereocenters. The van der Waals surface area contributed by atoms with E-state index >= 15 is 0 Å². The predicted molar refractivity (Wildman–Crippen MR) is 71.5 cm³/mol. The van der Waals surface area contributed by atoms with Crippen LogP contribution in [0, 0.1) is 11.8 Å². The minimum atomic E-state index is 0.571. The Morgan fingerprint density at radius 2 is 2.33 bits per heavy atom. The lowest BCUT2D eigenvalue weighted by atomic mass is 9.87. The van der Waals surface area contributed by atoms with Crippen LogP contribution in [0.5, 0.6) is 0 Å². The first kappa shape index (κ1) is 11.5. The van der Waals surface area contributed by atoms with E-state index < -0.39 is 0 Å². The van der Waals surface area contributed by atoms with Crippen LogP contribution in [0.15, 0.2) is 24.5 Å². The molecule has 0 amide bonds. The molecule has 1 fully saturated rings. The minimum absolute atomic E-state index is 0.571. The second-order valence-electron chi connectivity index (χ2n) is 5.13. The van der Waals surface area contributed by atoms with Crippen molar-refractivity contribution in [2.24, 2.45) is 17.6 Å². The molecule has 2 aromatic heterocycles. The molecule has 18 heavy (non-hydrogen) atoms. The highest BCUT2D eigenvalue weighted by molar-refractivity contribution is 5.47. The highest BCUT2D eigenvalue weighted by Gasteiger charge is 2.25. The fraction of sp³-hybridized carbons (Fsp3) is 0.538. The van der Waals surface area contributed by atoms with Crippen LogP contribution in [-0.2, 0) is 0 Å². The molecule has 0 aromatic carbocycles. The maximum absolute atomic E-state index is 5.85. The molecule has 0 aliphatic carbocycles. The summed E-state index contributed by atoms with van der Waals surface area (Å²) in [5.74, 6) is 2.32. The van der Waals surface area contributed by atoms with Crippen LogP contribution < -0.4 is 10.6 Å². The number of hydrogen-bond acceptors (Lipinski definition) is 4. The summed E-state index contributed by atoms with van der Waals surface area (Å²) in [5, 5.41) is 4.16. The monoisotopic (exact) mass is 245 g/mol. The van der Waals surface area contributed by atoms with Crippen LogP contribution in [0.3, 0.4) is 0 Å². The zero-order valence-corrected chi connectivity index (χ0v) is 10.7. The molecule has 2 aromatic rings. The van der Waals surface area contributed by atoms with Crippen molar-refractivity contribution >= 4 is 11.5 Å². The molecule has 5 nitrogen and oxygen atoms in total. The lowest BCUT2D eigenvalue weighted by Gasteiger charge is -2.37. The van der Waals surface area contributed by atoms with E-state index in [1.165, 1.54) is 6.42 Å². The average Bonchev–Trinajstić information content (AvgIpc) is 2.86. The first-order valence-electron chi connectivity index (χ1n) is 6.53. The van der Waals surface area contributed by atoms with Crippen molar-refractivity contribution in [1.29, 1.82) is 0 Å². The number of fused-ring (bicyclic) bond motifs is 1. The van der Waals surface area contributed by atoms with Gasteiger partial charge in [-0.15, -0.1) is 0 Å². The number of nitrogens with zero attached hydrogens (tertiary/aromatic N) is 4. The summed E-state index contributed by atoms with van der Waals surface area (Å²) in [5.41, 5.74) is 6.75. The molecule has 1 aliphatic heterocycles. The molecule has 3 heterocycles. The predicted octanol–water partition coefficient (Wildman–Crippen LogP) is 1.15. The van der Waals surface area contributed by atoms with Gasteiger partial charge in [0, 0.05) is 25.4 Å². The summed E-state index contributed by atoms with van der Waals surface area (Å²) in [6.07, 6.45) is 4.92. The van der Waals surface area contributed by atoms with Crippen molar-refractivity contribution < 1.29 is 0 Å². The van der Waals surface area contributed by atoms with Crippen LogP contribution in [0.2, 0.25) is 0 Å². The molecule has 96 valence electrons. The number of hydrogen-bond donors (Lipinski definition) is 1. The lowest BCUT2D eigenvalue weighted by molar-refractivity contribution is 0.307. The Hall–Kier alpha value is -1.62. The normalized spacial score (nSPS) is 24.7. The van der Waals surface area contributed by atoms with Crippen molar-refractivity contribution in [3.05, 3.63) is 24.5 Å². The van der Waals surface area contributed by atoms with E-state index in [-0.39, 0.29) is 0 Å². The van der Waals surface area contributed by atoms with Gasteiger partial charge in [-0.1, -0.05) is 6.92 Å². The summed E-state index contributed by atoms with van der Waals surface area (Å²) in [4.78, 5) is 6.98. The highest BCUT2D eigenvalue weighted by atomic mass is 15.3. The van der Waals surface area contributed by atoms with Crippen molar-refractivity contribution in [2.75, 3.05) is 24.5 Å². The zero-order valence-electron chi connectivity index (χ0n) is 10.7. The van der Waals surface area contributed by atoms with Crippen LogP contribution in [0.25, 0.3) is 5.65 Å². The van der Waals surface area contributed by atoms with Gasteiger partial charge in [-0.05, 0) is 30.9 Å². The second-order valence-corrected chi connectivity index (χ2v) is 5.13. The Kier molecular flexibility index (Phi) is 2.91. The maximum atomic E-state index is 5.85. The van der Waals surface area contributed by atoms with Crippen LogP contribution in [0.4, 0.5) is 5.82 Å². The molecule has 0 spiro atoms. The van der Waals surface area contributed by atoms with Gasteiger partial charge in [-0.3, -0.25) is 0 Å². The van der Waals surface area contributed by atoms with Gasteiger partial charge in [0.1, 0.15) is 5.82 Å². The molecule has 2 atom stereocenters. The number of piperidine rings is 1. The zero-order chi connectivity index (χ0) is 12.5. The third-order valence-corrected chi connectivity index (χ3v) is 3.98. The fourth-order valence-electron chi connectivity index (χ4n) is 2.64. The number of rotatable bonds is 2. The first-order valence-corrected chi connectivity index (χ1v) is 6.53. The van der Waals surface area contributed by atoms with Crippen molar-refractivity contribution in [3.63, 3.8) is 0 Å². The summed E-state index contributed by atoms with van der Waals surface area (Å²) in [6, 6.07) is 3.96. The second kappa shape index (κ2) is 4.57. The Labute approximate surface area is 107 Å². The number of aromatic nitrogens is 3. The van der Waals surface area contributed by atoms with E-state index in [9.17, 15) is 0 Å². The summed E-state index contributed by atoms with van der Waals surface area (Å²) < 4.78 is 1.79. The quantitative estimate of drug-likeness (QED) is 0.862. The van der Waals surface area contributed by atoms with Gasteiger partial charge < -0.3 is 10.6 Å². The van der Waals surface area contributed by atoms with Gasteiger partial charge in [0.25, 0.3) is 0 Å². The first-order chi connectivity index (χ1) is 8.78. The Balaban J connectivity index is 1.85. The Morgan fingerprint density at radius 3 is 3.17 bits per heavy atom. The largest absolute Gasteiger partial charge is 0.356 e. The molecule has 5 heteroatoms. The van der Waals surface area contributed by atoms with Crippen molar-refractivity contribution in [3.8, 4) is 0 Å². The fourth-order valence-corrected chi connectivity index (χ4v) is 2.64. The average molecular weight is 245 g/mol. The van der Waals surface area contributed by atoms with Gasteiger partial charge in [-0.2, -0.15) is 5.10 Å². The maximum Gasteiger partial charge on any atom is 0.157 e. The molecule has 0 radical (unpaired) electrons. The molecule has 2 N–H and O–H groups in total. The van der Waals surface area contributed by atoms with Crippen molar-refractivity contribution in [1.82, 2.24) is 14.6 Å². The standard InChI is InChI=1S/C13H19N5/c1-10-3-6-17(9-11(10)8-14)12-4-7-18-13(16-12)2-5-15-18/h2,4-5,7,10-11H,3,6,8-9,14H2,1H3. The summed E-state index contributed by atoms with van der Waals surface area (Å²) >= 11 is 0. The van der Waals surface area contributed by atoms with E-state index in [4.69, 9.17) is 5.73 Å². The molecule has 0 saturated carbocycles. The summed E-state index contributed by atoms with van der Waals surface area (Å²) in [7, 11) is 0. The number of nitrogens with two attached hydrogens (primary N) is 1. The molecule has 0 bridgehead atoms. The van der Waals surface area contributed by atoms with Crippen molar-refractivity contribution in [2.45, 2.75) is 13.3 Å². The molecule has 1 aliphatic rings. The van der Waals surface area contributed by atoms with E-state index in [1.807, 2.05) is 18.3 Å². The van der Waals surface area contributed by atoms with Gasteiger partial charge in [0.15, 0.2) is 5.65 Å². The summed E-state index contributed by atoms with van der Waals surface area (Å²) in [6.45, 7) is 5.12. The van der Waals surface area contributed by atoms with Crippen LogP contribution in [0.1, 0.15) is 13.3 Å². The smallest absolute Gasteiger partial charge is 0.157 e. The topological polar surface area (TPSA) is 59.5 Å². The molecule has 3 rings (SSSR count). The van der Waals surface area contributed by atoms with E-state index in [0.717, 1.165) is 31.1 Å². The van der Waals surface area contributed by atoms with Crippen LogP contribution >= 0.6 is 0 Å². The van der Waals surface area contributed by atoms with E-state index in [2.05, 4.69) is 21.9 Å². The molecular weight excluding hydrogens is 226 g/mol. The van der Waals surface area contributed by atoms with E-state index in [0.29, 0.717) is 11.8 Å². The minimum Gasteiger partial charge on any atom is -0.356 e. The Morgan fingerprint density at radius 1 is 1.44 bits per heavy atom. The van der Waals surface area contributed by atoms with Crippen LogP contribution in [-0.4, -0.2) is 34.2 Å². The van der Waals surface area contributed by atoms with Gasteiger partial charge >= 0.3 is 0 Å². The van der Waals surface area contributed by atoms with Gasteiger partial charge in [0.05, 0.1) is 6.20 Å². The number of anilines is 1. The van der Waals surface area contributed by atoms with E-state index in [1.54, 1.807) is 10.7 Å². The third kappa shape index (κ3) is 1.95. The SMILES string of the molecule is CC1CCN(c2ccn3nccc3n2)CC1CN. The molecule has 1 saturated heterocycles. The lowest BCUT2D eigenvalue weighted by Crippen LogP contribution is -2.43. The van der Waals surface area contributed by atoms with Gasteiger partial charge in [0.2, 0.25) is 0 Å². The third-order valence-electron chi connectivity index (χ3n) is 3.98.